The molecule has 3 nitrogen and oxygen atoms in total. The van der Waals surface area contributed by atoms with Crippen molar-refractivity contribution in [2.45, 2.75) is 13.5 Å². The first-order chi connectivity index (χ1) is 8.97. The number of nitrogens with zero attached hydrogens (tertiary/aromatic N) is 1. The lowest BCUT2D eigenvalue weighted by atomic mass is 10.1. The molecule has 1 aromatic carbocycles. The number of phenolic OH excluding ortho intramolecular Hbond substituents is 1. The van der Waals surface area contributed by atoms with Crippen LogP contribution in [0, 0.1) is 6.92 Å². The molecule has 2 rings (SSSR count). The number of amides is 1. The highest BCUT2D eigenvalue weighted by atomic mass is 79.9. The van der Waals surface area contributed by atoms with E-state index in [1.54, 1.807) is 42.3 Å². The number of halogens is 1. The normalized spacial score (nSPS) is 10.5. The average molecular weight is 340 g/mol. The molecule has 0 saturated heterocycles. The van der Waals surface area contributed by atoms with E-state index < -0.39 is 0 Å². The Morgan fingerprint density at radius 3 is 2.74 bits per heavy atom. The summed E-state index contributed by atoms with van der Waals surface area (Å²) in [6, 6.07) is 6.99. The summed E-state index contributed by atoms with van der Waals surface area (Å²) in [7, 11) is 1.75. The van der Waals surface area contributed by atoms with Crippen molar-refractivity contribution < 1.29 is 9.90 Å². The Morgan fingerprint density at radius 1 is 1.42 bits per heavy atom. The SMILES string of the molecule is Cc1ccc(C(=O)N(C)Cc2csc(Br)c2)cc1O. The van der Waals surface area contributed by atoms with Gasteiger partial charge in [-0.15, -0.1) is 11.3 Å². The number of thiophene rings is 1. The van der Waals surface area contributed by atoms with E-state index in [9.17, 15) is 9.90 Å². The predicted octanol–water partition coefficient (Wildman–Crippen LogP) is 3.80. The maximum atomic E-state index is 12.2. The first-order valence-corrected chi connectivity index (χ1v) is 7.42. The van der Waals surface area contributed by atoms with Crippen LogP contribution >= 0.6 is 27.3 Å². The molecule has 0 atom stereocenters. The molecule has 1 amide bonds. The molecule has 1 N–H and O–H groups in total. The molecule has 0 bridgehead atoms. The first-order valence-electron chi connectivity index (χ1n) is 5.75. The Morgan fingerprint density at radius 2 is 2.16 bits per heavy atom. The molecule has 0 aliphatic rings. The number of rotatable bonds is 3. The molecular formula is C14H14BrNO2S. The Balaban J connectivity index is 2.12. The lowest BCUT2D eigenvalue weighted by Crippen LogP contribution is -2.25. The molecule has 0 aliphatic carbocycles. The monoisotopic (exact) mass is 339 g/mol. The van der Waals surface area contributed by atoms with Crippen LogP contribution in [0.3, 0.4) is 0 Å². The molecule has 0 unspecified atom stereocenters. The van der Waals surface area contributed by atoms with Gasteiger partial charge in [0.05, 0.1) is 3.79 Å². The summed E-state index contributed by atoms with van der Waals surface area (Å²) in [5.41, 5.74) is 2.35. The molecule has 1 aromatic heterocycles. The molecule has 1 heterocycles. The zero-order valence-corrected chi connectivity index (χ0v) is 13.1. The van der Waals surface area contributed by atoms with Gasteiger partial charge in [-0.05, 0) is 57.6 Å². The minimum absolute atomic E-state index is 0.0994. The van der Waals surface area contributed by atoms with E-state index in [1.165, 1.54) is 6.07 Å². The van der Waals surface area contributed by atoms with Crippen molar-refractivity contribution in [2.24, 2.45) is 0 Å². The molecular weight excluding hydrogens is 326 g/mol. The van der Waals surface area contributed by atoms with E-state index in [4.69, 9.17) is 0 Å². The number of aromatic hydroxyl groups is 1. The Hall–Kier alpha value is -1.33. The van der Waals surface area contributed by atoms with Crippen LogP contribution in [0.2, 0.25) is 0 Å². The quantitative estimate of drug-likeness (QED) is 0.923. The number of carbonyl (C=O) groups excluding carboxylic acids is 1. The molecule has 0 radical (unpaired) electrons. The van der Waals surface area contributed by atoms with E-state index in [1.807, 2.05) is 11.4 Å². The molecule has 0 aliphatic heterocycles. The fraction of sp³-hybridized carbons (Fsp3) is 0.214. The van der Waals surface area contributed by atoms with Crippen LogP contribution in [-0.4, -0.2) is 23.0 Å². The van der Waals surface area contributed by atoms with Gasteiger partial charge in [-0.3, -0.25) is 4.79 Å². The van der Waals surface area contributed by atoms with Crippen molar-refractivity contribution in [3.8, 4) is 5.75 Å². The van der Waals surface area contributed by atoms with Crippen LogP contribution in [0.25, 0.3) is 0 Å². The zero-order valence-electron chi connectivity index (χ0n) is 10.7. The largest absolute Gasteiger partial charge is 0.508 e. The van der Waals surface area contributed by atoms with Gasteiger partial charge in [0.25, 0.3) is 5.91 Å². The lowest BCUT2D eigenvalue weighted by Gasteiger charge is -2.16. The molecule has 2 aromatic rings. The van der Waals surface area contributed by atoms with Crippen LogP contribution in [0.1, 0.15) is 21.5 Å². The van der Waals surface area contributed by atoms with Crippen molar-refractivity contribution in [1.82, 2.24) is 4.90 Å². The van der Waals surface area contributed by atoms with Gasteiger partial charge in [0, 0.05) is 19.2 Å². The van der Waals surface area contributed by atoms with E-state index >= 15 is 0 Å². The van der Waals surface area contributed by atoms with Crippen LogP contribution < -0.4 is 0 Å². The van der Waals surface area contributed by atoms with E-state index in [0.29, 0.717) is 12.1 Å². The second kappa shape index (κ2) is 5.75. The fourth-order valence-electron chi connectivity index (χ4n) is 1.74. The van der Waals surface area contributed by atoms with Crippen molar-refractivity contribution >= 4 is 33.2 Å². The number of benzene rings is 1. The van der Waals surface area contributed by atoms with Gasteiger partial charge in [0.15, 0.2) is 0 Å². The van der Waals surface area contributed by atoms with Gasteiger partial charge in [-0.25, -0.2) is 0 Å². The molecule has 100 valence electrons. The summed E-state index contributed by atoms with van der Waals surface area (Å²) in [5, 5.41) is 11.7. The summed E-state index contributed by atoms with van der Waals surface area (Å²) in [6.45, 7) is 2.35. The summed E-state index contributed by atoms with van der Waals surface area (Å²) in [4.78, 5) is 13.9. The lowest BCUT2D eigenvalue weighted by molar-refractivity contribution is 0.0785. The van der Waals surface area contributed by atoms with Crippen molar-refractivity contribution in [2.75, 3.05) is 7.05 Å². The minimum Gasteiger partial charge on any atom is -0.508 e. The smallest absolute Gasteiger partial charge is 0.254 e. The second-order valence-electron chi connectivity index (χ2n) is 4.42. The third kappa shape index (κ3) is 3.36. The van der Waals surface area contributed by atoms with Crippen LogP contribution in [0.15, 0.2) is 33.4 Å². The van der Waals surface area contributed by atoms with Crippen LogP contribution in [-0.2, 0) is 6.54 Å². The van der Waals surface area contributed by atoms with Crippen LogP contribution in [0.5, 0.6) is 5.75 Å². The highest BCUT2D eigenvalue weighted by molar-refractivity contribution is 9.11. The second-order valence-corrected chi connectivity index (χ2v) is 6.71. The predicted molar refractivity (Wildman–Crippen MR) is 80.7 cm³/mol. The first kappa shape index (κ1) is 14.1. The molecule has 0 fully saturated rings. The van der Waals surface area contributed by atoms with Crippen molar-refractivity contribution in [3.63, 3.8) is 0 Å². The average Bonchev–Trinajstić information content (AvgIpc) is 2.77. The standard InChI is InChI=1S/C14H14BrNO2S/c1-9-3-4-11(6-12(9)17)14(18)16(2)7-10-5-13(15)19-8-10/h3-6,8,17H,7H2,1-2H3. The summed E-state index contributed by atoms with van der Waals surface area (Å²) in [5.74, 6) is 0.0511. The molecule has 5 heteroatoms. The van der Waals surface area contributed by atoms with E-state index in [-0.39, 0.29) is 11.7 Å². The number of hydrogen-bond acceptors (Lipinski definition) is 3. The van der Waals surface area contributed by atoms with E-state index in [2.05, 4.69) is 15.9 Å². The molecule has 19 heavy (non-hydrogen) atoms. The highest BCUT2D eigenvalue weighted by Gasteiger charge is 2.13. The summed E-state index contributed by atoms with van der Waals surface area (Å²) < 4.78 is 1.05. The van der Waals surface area contributed by atoms with Crippen molar-refractivity contribution in [1.29, 1.82) is 0 Å². The van der Waals surface area contributed by atoms with Gasteiger partial charge in [0.1, 0.15) is 5.75 Å². The van der Waals surface area contributed by atoms with Crippen LogP contribution in [0.4, 0.5) is 0 Å². The highest BCUT2D eigenvalue weighted by Crippen LogP contribution is 2.23. The molecule has 0 spiro atoms. The fourth-order valence-corrected chi connectivity index (χ4v) is 2.94. The Labute approximate surface area is 124 Å². The molecule has 0 saturated carbocycles. The maximum absolute atomic E-state index is 12.2. The number of carbonyl (C=O) groups is 1. The Bertz CT molecular complexity index is 609. The topological polar surface area (TPSA) is 40.5 Å². The Kier molecular flexibility index (Phi) is 4.27. The van der Waals surface area contributed by atoms with Gasteiger partial charge in [-0.2, -0.15) is 0 Å². The van der Waals surface area contributed by atoms with E-state index in [0.717, 1.165) is 14.9 Å². The maximum Gasteiger partial charge on any atom is 0.254 e. The van der Waals surface area contributed by atoms with Gasteiger partial charge >= 0.3 is 0 Å². The summed E-state index contributed by atoms with van der Waals surface area (Å²) >= 11 is 5.00. The third-order valence-electron chi connectivity index (χ3n) is 2.84. The third-order valence-corrected chi connectivity index (χ3v) is 4.40. The number of aryl methyl sites for hydroxylation is 1. The number of phenols is 1. The zero-order chi connectivity index (χ0) is 14.0. The van der Waals surface area contributed by atoms with Crippen molar-refractivity contribution in [3.05, 3.63) is 50.1 Å². The summed E-state index contributed by atoms with van der Waals surface area (Å²) in [6.07, 6.45) is 0. The minimum atomic E-state index is -0.0994. The van der Waals surface area contributed by atoms with Gasteiger partial charge < -0.3 is 10.0 Å². The number of hydrogen-bond donors (Lipinski definition) is 1. The van der Waals surface area contributed by atoms with Gasteiger partial charge in [0.2, 0.25) is 0 Å². The van der Waals surface area contributed by atoms with Gasteiger partial charge in [-0.1, -0.05) is 6.07 Å².